The van der Waals surface area contributed by atoms with Crippen LogP contribution in [-0.2, 0) is 27.7 Å². The fraction of sp³-hybridized carbons (Fsp3) is 0.600. The lowest BCUT2D eigenvalue weighted by Gasteiger charge is -2.32. The van der Waals surface area contributed by atoms with Gasteiger partial charge in [0.25, 0.3) is 0 Å². The molecule has 7 nitrogen and oxygen atoms in total. The number of aromatic nitrogens is 2. The van der Waals surface area contributed by atoms with Crippen LogP contribution < -0.4 is 10.6 Å². The standard InChI is InChI=1S/C25H32F3N5O2S/c1-17(34)31-23-32-21(16-36-23)24(8-7-20(12-24)33-9-5-3-2-4-6-10-33)22(35)30-14-18-11-19(15-29-13-18)25(26,27)28/h11,13,15-16,20H,2-10,12,14H2,1H3,(H,30,35)(H,31,32,34). The largest absolute Gasteiger partial charge is 0.417 e. The molecule has 2 aromatic rings. The Kier molecular flexibility index (Phi) is 8.29. The second-order valence-corrected chi connectivity index (χ2v) is 10.6. The van der Waals surface area contributed by atoms with Gasteiger partial charge >= 0.3 is 6.18 Å². The molecule has 2 aliphatic rings. The first-order valence-corrected chi connectivity index (χ1v) is 13.3. The molecule has 2 amide bonds. The summed E-state index contributed by atoms with van der Waals surface area (Å²) in [5.41, 5.74) is -0.870. The van der Waals surface area contributed by atoms with Gasteiger partial charge in [0.1, 0.15) is 0 Å². The summed E-state index contributed by atoms with van der Waals surface area (Å²) in [7, 11) is 0. The molecule has 1 aliphatic carbocycles. The number of likely N-dealkylation sites (tertiary alicyclic amines) is 1. The molecular formula is C25H32F3N5O2S. The Morgan fingerprint density at radius 3 is 2.58 bits per heavy atom. The van der Waals surface area contributed by atoms with Crippen LogP contribution in [0.2, 0.25) is 0 Å². The van der Waals surface area contributed by atoms with Crippen LogP contribution in [-0.4, -0.2) is 45.8 Å². The van der Waals surface area contributed by atoms with Crippen molar-refractivity contribution in [3.8, 4) is 0 Å². The van der Waals surface area contributed by atoms with Crippen LogP contribution >= 0.6 is 11.3 Å². The van der Waals surface area contributed by atoms with E-state index >= 15 is 0 Å². The van der Waals surface area contributed by atoms with Crippen molar-refractivity contribution in [2.75, 3.05) is 18.4 Å². The quantitative estimate of drug-likeness (QED) is 0.563. The predicted molar refractivity (Wildman–Crippen MR) is 131 cm³/mol. The van der Waals surface area contributed by atoms with Crippen LogP contribution in [0.5, 0.6) is 0 Å². The number of rotatable bonds is 6. The van der Waals surface area contributed by atoms with Gasteiger partial charge in [-0.1, -0.05) is 19.3 Å². The maximum absolute atomic E-state index is 13.7. The van der Waals surface area contributed by atoms with E-state index in [0.29, 0.717) is 23.7 Å². The molecule has 1 saturated carbocycles. The maximum atomic E-state index is 13.7. The van der Waals surface area contributed by atoms with Crippen LogP contribution in [0.1, 0.15) is 75.1 Å². The molecule has 2 N–H and O–H groups in total. The van der Waals surface area contributed by atoms with Crippen LogP contribution in [0.3, 0.4) is 0 Å². The molecule has 1 aliphatic heterocycles. The molecule has 0 radical (unpaired) electrons. The Hall–Kier alpha value is -2.53. The summed E-state index contributed by atoms with van der Waals surface area (Å²) in [5, 5.41) is 7.80. The molecule has 1 saturated heterocycles. The van der Waals surface area contributed by atoms with Crippen molar-refractivity contribution in [1.82, 2.24) is 20.2 Å². The minimum atomic E-state index is -4.50. The van der Waals surface area contributed by atoms with Crippen molar-refractivity contribution < 1.29 is 22.8 Å². The van der Waals surface area contributed by atoms with Crippen molar-refractivity contribution in [3.63, 3.8) is 0 Å². The average Bonchev–Trinajstić information content (AvgIpc) is 3.45. The van der Waals surface area contributed by atoms with Crippen LogP contribution in [0, 0.1) is 0 Å². The van der Waals surface area contributed by atoms with Crippen LogP contribution in [0.15, 0.2) is 23.8 Å². The van der Waals surface area contributed by atoms with Gasteiger partial charge in [-0.15, -0.1) is 11.3 Å². The minimum Gasteiger partial charge on any atom is -0.351 e. The number of thiazole rings is 1. The molecule has 0 aromatic carbocycles. The fourth-order valence-electron chi connectivity index (χ4n) is 5.32. The highest BCUT2D eigenvalue weighted by molar-refractivity contribution is 7.14. The molecule has 36 heavy (non-hydrogen) atoms. The number of pyridine rings is 1. The number of hydrogen-bond donors (Lipinski definition) is 2. The normalized spacial score (nSPS) is 23.6. The van der Waals surface area contributed by atoms with Crippen molar-refractivity contribution >= 4 is 28.3 Å². The van der Waals surface area contributed by atoms with Crippen molar-refractivity contribution in [3.05, 3.63) is 40.7 Å². The summed E-state index contributed by atoms with van der Waals surface area (Å²) >= 11 is 1.27. The van der Waals surface area contributed by atoms with E-state index < -0.39 is 17.2 Å². The average molecular weight is 524 g/mol. The number of amides is 2. The maximum Gasteiger partial charge on any atom is 0.417 e. The summed E-state index contributed by atoms with van der Waals surface area (Å²) in [6, 6.07) is 1.24. The highest BCUT2D eigenvalue weighted by atomic mass is 32.1. The summed E-state index contributed by atoms with van der Waals surface area (Å²) in [6.07, 6.45) is 5.59. The van der Waals surface area contributed by atoms with E-state index in [1.807, 2.05) is 5.38 Å². The van der Waals surface area contributed by atoms with Crippen LogP contribution in [0.25, 0.3) is 0 Å². The van der Waals surface area contributed by atoms with Crippen molar-refractivity contribution in [1.29, 1.82) is 0 Å². The molecule has 2 unspecified atom stereocenters. The van der Waals surface area contributed by atoms with Gasteiger partial charge in [-0.2, -0.15) is 13.2 Å². The Labute approximate surface area is 212 Å². The lowest BCUT2D eigenvalue weighted by atomic mass is 9.81. The third-order valence-corrected chi connectivity index (χ3v) is 7.94. The summed E-state index contributed by atoms with van der Waals surface area (Å²) in [5.74, 6) is -0.495. The van der Waals surface area contributed by atoms with E-state index in [-0.39, 0.29) is 30.0 Å². The first kappa shape index (κ1) is 26.5. The van der Waals surface area contributed by atoms with Crippen molar-refractivity contribution in [2.24, 2.45) is 0 Å². The van der Waals surface area contributed by atoms with E-state index in [1.54, 1.807) is 0 Å². The molecule has 4 rings (SSSR count). The van der Waals surface area contributed by atoms with Gasteiger partial charge in [0.2, 0.25) is 11.8 Å². The van der Waals surface area contributed by atoms with Gasteiger partial charge in [0.05, 0.1) is 16.7 Å². The molecule has 0 bridgehead atoms. The Morgan fingerprint density at radius 1 is 1.17 bits per heavy atom. The highest BCUT2D eigenvalue weighted by Gasteiger charge is 2.49. The topological polar surface area (TPSA) is 87.2 Å². The first-order chi connectivity index (χ1) is 17.2. The van der Waals surface area contributed by atoms with Crippen LogP contribution in [0.4, 0.5) is 18.3 Å². The lowest BCUT2D eigenvalue weighted by molar-refractivity contribution is -0.137. The zero-order chi connectivity index (χ0) is 25.8. The molecule has 2 fully saturated rings. The number of alkyl halides is 3. The van der Waals surface area contributed by atoms with Gasteiger partial charge in [-0.3, -0.25) is 14.6 Å². The first-order valence-electron chi connectivity index (χ1n) is 12.4. The molecule has 2 aromatic heterocycles. The van der Waals surface area contributed by atoms with E-state index in [4.69, 9.17) is 0 Å². The molecule has 2 atom stereocenters. The summed E-state index contributed by atoms with van der Waals surface area (Å²) in [6.45, 7) is 3.35. The van der Waals surface area contributed by atoms with E-state index in [1.165, 1.54) is 43.7 Å². The minimum absolute atomic E-state index is 0.0609. The van der Waals surface area contributed by atoms with E-state index in [2.05, 4.69) is 25.5 Å². The van der Waals surface area contributed by atoms with E-state index in [0.717, 1.165) is 44.6 Å². The molecule has 11 heteroatoms. The van der Waals surface area contributed by atoms with Gasteiger partial charge in [0.15, 0.2) is 5.13 Å². The summed E-state index contributed by atoms with van der Waals surface area (Å²) < 4.78 is 39.3. The molecular weight excluding hydrogens is 491 g/mol. The smallest absolute Gasteiger partial charge is 0.351 e. The Morgan fingerprint density at radius 2 is 1.89 bits per heavy atom. The second-order valence-electron chi connectivity index (χ2n) is 9.76. The van der Waals surface area contributed by atoms with Gasteiger partial charge in [0, 0.05) is 37.3 Å². The predicted octanol–water partition coefficient (Wildman–Crippen LogP) is 4.89. The zero-order valence-corrected chi connectivity index (χ0v) is 21.2. The lowest BCUT2D eigenvalue weighted by Crippen LogP contribution is -2.45. The SMILES string of the molecule is CC(=O)Nc1nc(C2(C(=O)NCc3cncc(C(F)(F)F)c3)CCC(N3CCCCCCC3)C2)cs1. The number of nitrogens with zero attached hydrogens (tertiary/aromatic N) is 3. The summed E-state index contributed by atoms with van der Waals surface area (Å²) in [4.78, 5) is 36.0. The van der Waals surface area contributed by atoms with Crippen molar-refractivity contribution in [2.45, 2.75) is 82.5 Å². The number of carbonyl (C=O) groups excluding carboxylic acids is 2. The monoisotopic (exact) mass is 523 g/mol. The third-order valence-electron chi connectivity index (χ3n) is 7.18. The number of halogens is 3. The van der Waals surface area contributed by atoms with Gasteiger partial charge in [-0.25, -0.2) is 4.98 Å². The molecule has 0 spiro atoms. The Bertz CT molecular complexity index is 1070. The highest BCUT2D eigenvalue weighted by Crippen LogP contribution is 2.44. The number of nitrogens with one attached hydrogen (secondary N) is 2. The Balaban J connectivity index is 1.55. The van der Waals surface area contributed by atoms with Gasteiger partial charge < -0.3 is 15.5 Å². The number of carbonyl (C=O) groups is 2. The number of anilines is 1. The second kappa shape index (κ2) is 11.2. The molecule has 3 heterocycles. The third kappa shape index (κ3) is 6.23. The zero-order valence-electron chi connectivity index (χ0n) is 20.4. The molecule has 196 valence electrons. The fourth-order valence-corrected chi connectivity index (χ4v) is 6.17. The van der Waals surface area contributed by atoms with E-state index in [9.17, 15) is 22.8 Å². The van der Waals surface area contributed by atoms with Gasteiger partial charge in [-0.05, 0) is 56.8 Å². The number of hydrogen-bond acceptors (Lipinski definition) is 6.